The van der Waals surface area contributed by atoms with Gasteiger partial charge in [-0.15, -0.1) is 12.3 Å². The second kappa shape index (κ2) is 6.88. The summed E-state index contributed by atoms with van der Waals surface area (Å²) in [6.45, 7) is 0. The molecule has 0 heterocycles. The van der Waals surface area contributed by atoms with Gasteiger partial charge in [-0.3, -0.25) is 4.79 Å². The molecule has 0 saturated heterocycles. The number of terminal acetylenes is 1. The standard InChI is InChI=1S/C13H13NO6S/c1-3-5-11(12(15)16)14-21(18,19)10-7-4-6-9(8-10)13(17)20-2/h1,4,6-8,11,14H,5H2,2H3,(H,15,16). The highest BCUT2D eigenvalue weighted by Crippen LogP contribution is 2.13. The molecule has 0 aliphatic carbocycles. The van der Waals surface area contributed by atoms with Crippen LogP contribution in [0.25, 0.3) is 0 Å². The van der Waals surface area contributed by atoms with E-state index in [0.29, 0.717) is 0 Å². The number of esters is 1. The minimum Gasteiger partial charge on any atom is -0.480 e. The average Bonchev–Trinajstić information content (AvgIpc) is 2.45. The quantitative estimate of drug-likeness (QED) is 0.575. The molecule has 1 atom stereocenters. The summed E-state index contributed by atoms with van der Waals surface area (Å²) in [6, 6.07) is 3.59. The lowest BCUT2D eigenvalue weighted by molar-refractivity contribution is -0.138. The molecule has 0 aliphatic rings. The highest BCUT2D eigenvalue weighted by molar-refractivity contribution is 7.89. The molecule has 1 rings (SSSR count). The van der Waals surface area contributed by atoms with Crippen molar-refractivity contribution in [3.05, 3.63) is 29.8 Å². The summed E-state index contributed by atoms with van der Waals surface area (Å²) in [5, 5.41) is 8.90. The number of carbonyl (C=O) groups excluding carboxylic acids is 1. The van der Waals surface area contributed by atoms with Crippen LogP contribution in [-0.4, -0.2) is 38.6 Å². The van der Waals surface area contributed by atoms with Crippen molar-refractivity contribution in [2.45, 2.75) is 17.4 Å². The predicted molar refractivity (Wildman–Crippen MR) is 73.0 cm³/mol. The summed E-state index contributed by atoms with van der Waals surface area (Å²) in [5.41, 5.74) is 0.0317. The van der Waals surface area contributed by atoms with Gasteiger partial charge in [-0.1, -0.05) is 6.07 Å². The summed E-state index contributed by atoms with van der Waals surface area (Å²) in [4.78, 5) is 22.0. The van der Waals surface area contributed by atoms with Crippen molar-refractivity contribution < 1.29 is 27.9 Å². The first-order chi connectivity index (χ1) is 9.81. The molecule has 1 aromatic carbocycles. The van der Waals surface area contributed by atoms with Gasteiger partial charge in [0.25, 0.3) is 0 Å². The van der Waals surface area contributed by atoms with Crippen molar-refractivity contribution in [3.8, 4) is 12.3 Å². The Balaban J connectivity index is 3.11. The minimum atomic E-state index is -4.13. The van der Waals surface area contributed by atoms with E-state index in [0.717, 1.165) is 13.2 Å². The first-order valence-electron chi connectivity index (χ1n) is 5.69. The fourth-order valence-corrected chi connectivity index (χ4v) is 2.70. The van der Waals surface area contributed by atoms with Gasteiger partial charge in [0.15, 0.2) is 0 Å². The van der Waals surface area contributed by atoms with Crippen LogP contribution >= 0.6 is 0 Å². The van der Waals surface area contributed by atoms with Crippen molar-refractivity contribution in [2.75, 3.05) is 7.11 Å². The van der Waals surface area contributed by atoms with Crippen LogP contribution < -0.4 is 4.72 Å². The average molecular weight is 311 g/mol. The Labute approximate surface area is 122 Å². The van der Waals surface area contributed by atoms with Gasteiger partial charge in [0.2, 0.25) is 10.0 Å². The molecule has 0 aliphatic heterocycles. The first-order valence-corrected chi connectivity index (χ1v) is 7.17. The Bertz CT molecular complexity index is 689. The molecule has 0 aromatic heterocycles. The summed E-state index contributed by atoms with van der Waals surface area (Å²) in [6.07, 6.45) is 4.70. The predicted octanol–water partition coefficient (Wildman–Crippen LogP) is 0.228. The third-order valence-electron chi connectivity index (χ3n) is 2.48. The topological polar surface area (TPSA) is 110 Å². The van der Waals surface area contributed by atoms with Gasteiger partial charge in [0, 0.05) is 6.42 Å². The van der Waals surface area contributed by atoms with Gasteiger partial charge in [0.1, 0.15) is 6.04 Å². The Kier molecular flexibility index (Phi) is 5.46. The fourth-order valence-electron chi connectivity index (χ4n) is 1.46. The smallest absolute Gasteiger partial charge is 0.337 e. The number of hydrogen-bond donors (Lipinski definition) is 2. The van der Waals surface area contributed by atoms with E-state index in [9.17, 15) is 18.0 Å². The second-order valence-corrected chi connectivity index (χ2v) is 5.65. The molecule has 21 heavy (non-hydrogen) atoms. The molecule has 1 unspecified atom stereocenters. The van der Waals surface area contributed by atoms with E-state index in [2.05, 4.69) is 10.7 Å². The second-order valence-electron chi connectivity index (χ2n) is 3.94. The fraction of sp³-hybridized carbons (Fsp3) is 0.231. The van der Waals surface area contributed by atoms with Gasteiger partial charge in [-0.05, 0) is 18.2 Å². The lowest BCUT2D eigenvalue weighted by atomic mass is 10.2. The minimum absolute atomic E-state index is 0.0317. The maximum Gasteiger partial charge on any atom is 0.337 e. The lowest BCUT2D eigenvalue weighted by Gasteiger charge is -2.12. The number of sulfonamides is 1. The first kappa shape index (κ1) is 16.7. The van der Waals surface area contributed by atoms with Crippen LogP contribution in [0.1, 0.15) is 16.8 Å². The van der Waals surface area contributed by atoms with Crippen molar-refractivity contribution in [3.63, 3.8) is 0 Å². The van der Waals surface area contributed by atoms with Gasteiger partial charge in [0.05, 0.1) is 17.6 Å². The van der Waals surface area contributed by atoms with Crippen LogP contribution in [0.15, 0.2) is 29.2 Å². The number of benzene rings is 1. The number of nitrogens with one attached hydrogen (secondary N) is 1. The Morgan fingerprint density at radius 2 is 2.14 bits per heavy atom. The molecule has 0 bridgehead atoms. The highest BCUT2D eigenvalue weighted by Gasteiger charge is 2.25. The van der Waals surface area contributed by atoms with Crippen LogP contribution in [0, 0.1) is 12.3 Å². The summed E-state index contributed by atoms with van der Waals surface area (Å²) < 4.78 is 30.6. The molecule has 0 radical (unpaired) electrons. The van der Waals surface area contributed by atoms with Gasteiger partial charge >= 0.3 is 11.9 Å². The third kappa shape index (κ3) is 4.30. The van der Waals surface area contributed by atoms with Gasteiger partial charge in [-0.2, -0.15) is 4.72 Å². The van der Waals surface area contributed by atoms with Crippen LogP contribution in [0.5, 0.6) is 0 Å². The summed E-state index contributed by atoms with van der Waals surface area (Å²) in [7, 11) is -2.96. The SMILES string of the molecule is C#CCC(NS(=O)(=O)c1cccc(C(=O)OC)c1)C(=O)O. The Morgan fingerprint density at radius 1 is 1.48 bits per heavy atom. The number of hydrogen-bond acceptors (Lipinski definition) is 5. The number of methoxy groups -OCH3 is 1. The van der Waals surface area contributed by atoms with Crippen molar-refractivity contribution >= 4 is 22.0 Å². The Morgan fingerprint density at radius 3 is 2.67 bits per heavy atom. The van der Waals surface area contributed by atoms with Gasteiger partial charge in [-0.25, -0.2) is 13.2 Å². The zero-order valence-corrected chi connectivity index (χ0v) is 11.9. The molecule has 0 spiro atoms. The molecular weight excluding hydrogens is 298 g/mol. The summed E-state index contributed by atoms with van der Waals surface area (Å²) in [5.74, 6) is -0.0115. The molecular formula is C13H13NO6S. The number of carboxylic acid groups (broad SMARTS) is 1. The van der Waals surface area contributed by atoms with E-state index in [-0.39, 0.29) is 16.9 Å². The zero-order chi connectivity index (χ0) is 16.0. The van der Waals surface area contributed by atoms with Crippen molar-refractivity contribution in [2.24, 2.45) is 0 Å². The number of carboxylic acids is 1. The van der Waals surface area contributed by atoms with Crippen LogP contribution in [-0.2, 0) is 19.6 Å². The molecule has 8 heteroatoms. The lowest BCUT2D eigenvalue weighted by Crippen LogP contribution is -2.40. The molecule has 0 fully saturated rings. The van der Waals surface area contributed by atoms with E-state index in [1.165, 1.54) is 18.2 Å². The van der Waals surface area contributed by atoms with Gasteiger partial charge < -0.3 is 9.84 Å². The van der Waals surface area contributed by atoms with Crippen molar-refractivity contribution in [1.82, 2.24) is 4.72 Å². The van der Waals surface area contributed by atoms with Crippen LogP contribution in [0.2, 0.25) is 0 Å². The number of rotatable bonds is 6. The van der Waals surface area contributed by atoms with Crippen LogP contribution in [0.3, 0.4) is 0 Å². The molecule has 1 aromatic rings. The van der Waals surface area contributed by atoms with E-state index in [1.807, 2.05) is 4.72 Å². The van der Waals surface area contributed by atoms with E-state index in [1.54, 1.807) is 0 Å². The maximum absolute atomic E-state index is 12.1. The summed E-state index contributed by atoms with van der Waals surface area (Å²) >= 11 is 0. The largest absolute Gasteiger partial charge is 0.480 e. The molecule has 0 saturated carbocycles. The monoisotopic (exact) mass is 311 g/mol. The van der Waals surface area contributed by atoms with E-state index >= 15 is 0 Å². The number of carbonyl (C=O) groups is 2. The highest BCUT2D eigenvalue weighted by atomic mass is 32.2. The zero-order valence-electron chi connectivity index (χ0n) is 11.1. The molecule has 112 valence electrons. The van der Waals surface area contributed by atoms with E-state index < -0.39 is 28.0 Å². The Hall–Kier alpha value is -2.37. The molecule has 2 N–H and O–H groups in total. The molecule has 0 amide bonds. The number of ether oxygens (including phenoxy) is 1. The normalized spacial score (nSPS) is 12.2. The van der Waals surface area contributed by atoms with Crippen LogP contribution in [0.4, 0.5) is 0 Å². The van der Waals surface area contributed by atoms with E-state index in [4.69, 9.17) is 11.5 Å². The van der Waals surface area contributed by atoms with Crippen molar-refractivity contribution in [1.29, 1.82) is 0 Å². The third-order valence-corrected chi connectivity index (χ3v) is 3.95. The molecule has 7 nitrogen and oxygen atoms in total. The maximum atomic E-state index is 12.1. The number of aliphatic carboxylic acids is 1.